The van der Waals surface area contributed by atoms with Crippen molar-refractivity contribution < 1.29 is 4.79 Å². The van der Waals surface area contributed by atoms with Gasteiger partial charge in [-0.2, -0.15) is 0 Å². The molecule has 0 aliphatic rings. The summed E-state index contributed by atoms with van der Waals surface area (Å²) in [7, 11) is 5.59. The fourth-order valence-corrected chi connectivity index (χ4v) is 3.21. The third kappa shape index (κ3) is 7.87. The first-order valence-corrected chi connectivity index (χ1v) is 10.5. The van der Waals surface area contributed by atoms with Crippen LogP contribution in [0.3, 0.4) is 0 Å². The van der Waals surface area contributed by atoms with Gasteiger partial charge in [0.15, 0.2) is 5.96 Å². The zero-order valence-corrected chi connectivity index (χ0v) is 18.6. The van der Waals surface area contributed by atoms with Crippen LogP contribution >= 0.6 is 0 Å². The molecule has 0 aliphatic heterocycles. The Kier molecular flexibility index (Phi) is 9.87. The zero-order chi connectivity index (χ0) is 21.8. The molecule has 1 unspecified atom stereocenters. The molecule has 0 heterocycles. The number of amides is 1. The summed E-state index contributed by atoms with van der Waals surface area (Å²) >= 11 is 0. The van der Waals surface area contributed by atoms with E-state index in [4.69, 9.17) is 0 Å². The molecule has 0 radical (unpaired) electrons. The summed E-state index contributed by atoms with van der Waals surface area (Å²) < 4.78 is 0. The highest BCUT2D eigenvalue weighted by Crippen LogP contribution is 2.08. The highest BCUT2D eigenvalue weighted by molar-refractivity contribution is 5.94. The highest BCUT2D eigenvalue weighted by Gasteiger charge is 2.10. The molecule has 1 amide bonds. The summed E-state index contributed by atoms with van der Waals surface area (Å²) in [6.45, 7) is 4.80. The molecule has 3 N–H and O–H groups in total. The Morgan fingerprint density at radius 2 is 1.73 bits per heavy atom. The van der Waals surface area contributed by atoms with Crippen LogP contribution in [-0.2, 0) is 13.0 Å². The van der Waals surface area contributed by atoms with E-state index < -0.39 is 0 Å². The van der Waals surface area contributed by atoms with E-state index >= 15 is 0 Å². The Labute approximate surface area is 180 Å². The van der Waals surface area contributed by atoms with E-state index in [1.807, 2.05) is 30.3 Å². The fourth-order valence-electron chi connectivity index (χ4n) is 3.21. The SMILES string of the molecule is CN=C(NCCc1cccc(C(=O)NC)c1)NCCC(C)N(C)Cc1ccccc1. The van der Waals surface area contributed by atoms with Gasteiger partial charge in [-0.05, 0) is 50.1 Å². The molecule has 6 nitrogen and oxygen atoms in total. The van der Waals surface area contributed by atoms with Crippen molar-refractivity contribution in [3.05, 3.63) is 71.3 Å². The van der Waals surface area contributed by atoms with Crippen molar-refractivity contribution in [2.45, 2.75) is 32.4 Å². The zero-order valence-electron chi connectivity index (χ0n) is 18.6. The topological polar surface area (TPSA) is 68.8 Å². The van der Waals surface area contributed by atoms with Crippen molar-refractivity contribution in [2.75, 3.05) is 34.2 Å². The summed E-state index contributed by atoms with van der Waals surface area (Å²) in [5.74, 6) is 0.740. The van der Waals surface area contributed by atoms with Gasteiger partial charge in [-0.15, -0.1) is 0 Å². The number of guanidine groups is 1. The normalized spacial score (nSPS) is 12.5. The number of hydrogen-bond donors (Lipinski definition) is 3. The van der Waals surface area contributed by atoms with Crippen molar-refractivity contribution in [1.82, 2.24) is 20.9 Å². The van der Waals surface area contributed by atoms with Gasteiger partial charge in [-0.1, -0.05) is 42.5 Å². The second-order valence-corrected chi connectivity index (χ2v) is 7.49. The van der Waals surface area contributed by atoms with Crippen LogP contribution in [0.5, 0.6) is 0 Å². The molecule has 0 saturated heterocycles. The van der Waals surface area contributed by atoms with Gasteiger partial charge < -0.3 is 16.0 Å². The Hall–Kier alpha value is -2.86. The van der Waals surface area contributed by atoms with Crippen LogP contribution in [0, 0.1) is 0 Å². The molecule has 30 heavy (non-hydrogen) atoms. The van der Waals surface area contributed by atoms with Crippen LogP contribution in [0.15, 0.2) is 59.6 Å². The monoisotopic (exact) mass is 409 g/mol. The van der Waals surface area contributed by atoms with Crippen molar-refractivity contribution in [3.8, 4) is 0 Å². The molecule has 0 aromatic heterocycles. The molecular formula is C24H35N5O. The average molecular weight is 410 g/mol. The number of benzene rings is 2. The van der Waals surface area contributed by atoms with Gasteiger partial charge in [-0.25, -0.2) is 0 Å². The summed E-state index contributed by atoms with van der Waals surface area (Å²) in [6, 6.07) is 18.7. The molecule has 2 aromatic rings. The smallest absolute Gasteiger partial charge is 0.251 e. The number of hydrogen-bond acceptors (Lipinski definition) is 3. The van der Waals surface area contributed by atoms with E-state index in [1.54, 1.807) is 14.1 Å². The molecule has 0 bridgehead atoms. The van der Waals surface area contributed by atoms with E-state index in [0.717, 1.165) is 44.0 Å². The lowest BCUT2D eigenvalue weighted by atomic mass is 10.1. The highest BCUT2D eigenvalue weighted by atomic mass is 16.1. The minimum absolute atomic E-state index is 0.0614. The standard InChI is InChI=1S/C24H35N5O/c1-19(29(4)18-21-9-6-5-7-10-21)13-15-27-24(26-3)28-16-14-20-11-8-12-22(17-20)23(30)25-2/h5-12,17,19H,13-16,18H2,1-4H3,(H,25,30)(H2,26,27,28). The number of nitrogens with one attached hydrogen (secondary N) is 3. The van der Waals surface area contributed by atoms with Gasteiger partial charge in [0, 0.05) is 45.3 Å². The summed E-state index contributed by atoms with van der Waals surface area (Å²) in [5, 5.41) is 9.40. The lowest BCUT2D eigenvalue weighted by Crippen LogP contribution is -2.40. The van der Waals surface area contributed by atoms with Crippen LogP contribution in [-0.4, -0.2) is 57.0 Å². The second-order valence-electron chi connectivity index (χ2n) is 7.49. The predicted octanol–water partition coefficient (Wildman–Crippen LogP) is 2.66. The van der Waals surface area contributed by atoms with Gasteiger partial charge >= 0.3 is 0 Å². The molecule has 162 valence electrons. The van der Waals surface area contributed by atoms with Gasteiger partial charge in [0.1, 0.15) is 0 Å². The largest absolute Gasteiger partial charge is 0.356 e. The molecule has 0 saturated carbocycles. The van der Waals surface area contributed by atoms with Crippen LogP contribution in [0.25, 0.3) is 0 Å². The number of carbonyl (C=O) groups excluding carboxylic acids is 1. The number of rotatable bonds is 10. The Bertz CT molecular complexity index is 806. The third-order valence-corrected chi connectivity index (χ3v) is 5.23. The van der Waals surface area contributed by atoms with E-state index in [0.29, 0.717) is 11.6 Å². The predicted molar refractivity (Wildman–Crippen MR) is 125 cm³/mol. The molecule has 2 rings (SSSR count). The second kappa shape index (κ2) is 12.6. The van der Waals surface area contributed by atoms with E-state index in [-0.39, 0.29) is 5.91 Å². The maximum Gasteiger partial charge on any atom is 0.251 e. The van der Waals surface area contributed by atoms with Crippen molar-refractivity contribution in [1.29, 1.82) is 0 Å². The molecule has 0 fully saturated rings. The number of aliphatic imine (C=N–C) groups is 1. The minimum Gasteiger partial charge on any atom is -0.356 e. The Morgan fingerprint density at radius 3 is 2.43 bits per heavy atom. The van der Waals surface area contributed by atoms with Gasteiger partial charge in [0.05, 0.1) is 0 Å². The van der Waals surface area contributed by atoms with Gasteiger partial charge in [-0.3, -0.25) is 14.7 Å². The van der Waals surface area contributed by atoms with Crippen molar-refractivity contribution in [3.63, 3.8) is 0 Å². The molecule has 0 aliphatic carbocycles. The Balaban J connectivity index is 1.70. The van der Waals surface area contributed by atoms with E-state index in [2.05, 4.69) is 64.1 Å². The minimum atomic E-state index is -0.0614. The van der Waals surface area contributed by atoms with E-state index in [9.17, 15) is 4.79 Å². The quantitative estimate of drug-likeness (QED) is 0.417. The summed E-state index contributed by atoms with van der Waals surface area (Å²) in [4.78, 5) is 18.4. The van der Waals surface area contributed by atoms with Gasteiger partial charge in [0.2, 0.25) is 0 Å². The third-order valence-electron chi connectivity index (χ3n) is 5.23. The molecular weight excluding hydrogens is 374 g/mol. The average Bonchev–Trinajstić information content (AvgIpc) is 2.78. The van der Waals surface area contributed by atoms with E-state index in [1.165, 1.54) is 5.56 Å². The van der Waals surface area contributed by atoms with Crippen LogP contribution in [0.1, 0.15) is 34.8 Å². The molecule has 0 spiro atoms. The van der Waals surface area contributed by atoms with Crippen molar-refractivity contribution in [2.24, 2.45) is 4.99 Å². The first-order chi connectivity index (χ1) is 14.5. The molecule has 2 aromatic carbocycles. The maximum absolute atomic E-state index is 11.8. The first-order valence-electron chi connectivity index (χ1n) is 10.5. The lowest BCUT2D eigenvalue weighted by molar-refractivity contribution is 0.0963. The summed E-state index contributed by atoms with van der Waals surface area (Å²) in [5.41, 5.74) is 3.14. The number of carbonyl (C=O) groups is 1. The van der Waals surface area contributed by atoms with Crippen molar-refractivity contribution >= 4 is 11.9 Å². The summed E-state index contributed by atoms with van der Waals surface area (Å²) in [6.07, 6.45) is 1.85. The Morgan fingerprint density at radius 1 is 1.03 bits per heavy atom. The molecule has 6 heteroatoms. The lowest BCUT2D eigenvalue weighted by Gasteiger charge is -2.25. The fraction of sp³-hybridized carbons (Fsp3) is 0.417. The molecule has 1 atom stereocenters. The maximum atomic E-state index is 11.8. The first kappa shape index (κ1) is 23.4. The van der Waals surface area contributed by atoms with Crippen LogP contribution in [0.4, 0.5) is 0 Å². The van der Waals surface area contributed by atoms with Crippen LogP contribution < -0.4 is 16.0 Å². The van der Waals surface area contributed by atoms with Crippen LogP contribution in [0.2, 0.25) is 0 Å². The number of nitrogens with zero attached hydrogens (tertiary/aromatic N) is 2. The van der Waals surface area contributed by atoms with Gasteiger partial charge in [0.25, 0.3) is 5.91 Å².